The van der Waals surface area contributed by atoms with Crippen molar-refractivity contribution in [3.63, 3.8) is 0 Å². The summed E-state index contributed by atoms with van der Waals surface area (Å²) in [4.78, 5) is 23.4. The molecule has 0 saturated carbocycles. The van der Waals surface area contributed by atoms with Crippen LogP contribution in [0, 0.1) is 12.7 Å². The lowest BCUT2D eigenvalue weighted by Gasteiger charge is -2.20. The molecule has 1 aromatic heterocycles. The molecule has 6 nitrogen and oxygen atoms in total. The Kier molecular flexibility index (Phi) is 6.95. The molecule has 0 atom stereocenters. The fourth-order valence-electron chi connectivity index (χ4n) is 3.08. The number of halogens is 1. The van der Waals surface area contributed by atoms with Gasteiger partial charge >= 0.3 is 0 Å². The molecule has 1 heterocycles. The molecule has 0 fully saturated rings. The van der Waals surface area contributed by atoms with Gasteiger partial charge in [-0.15, -0.1) is 0 Å². The molecule has 0 aliphatic rings. The standard InChI is InChI=1S/C23H26FN5O/c1-4-29(5-2)21-14-16(3)25-23(28-21)27-20-12-10-19(11-13-20)26-22(30)15-17-6-8-18(24)9-7-17/h6-14H,4-5,15H2,1-3H3,(H,26,30)(H,25,27,28). The van der Waals surface area contributed by atoms with Crippen molar-refractivity contribution in [3.8, 4) is 0 Å². The van der Waals surface area contributed by atoms with Gasteiger partial charge in [-0.1, -0.05) is 12.1 Å². The van der Waals surface area contributed by atoms with Gasteiger partial charge in [0.25, 0.3) is 0 Å². The summed E-state index contributed by atoms with van der Waals surface area (Å²) in [6.45, 7) is 7.88. The second kappa shape index (κ2) is 9.82. The normalized spacial score (nSPS) is 10.5. The zero-order chi connectivity index (χ0) is 21.5. The van der Waals surface area contributed by atoms with E-state index in [1.807, 2.05) is 37.3 Å². The lowest BCUT2D eigenvalue weighted by atomic mass is 10.1. The molecular formula is C23H26FN5O. The van der Waals surface area contributed by atoms with Crippen molar-refractivity contribution < 1.29 is 9.18 Å². The second-order valence-corrected chi connectivity index (χ2v) is 6.92. The smallest absolute Gasteiger partial charge is 0.229 e. The van der Waals surface area contributed by atoms with Gasteiger partial charge in [0.1, 0.15) is 11.6 Å². The molecular weight excluding hydrogens is 381 g/mol. The molecule has 0 bridgehead atoms. The van der Waals surface area contributed by atoms with E-state index in [-0.39, 0.29) is 18.1 Å². The summed E-state index contributed by atoms with van der Waals surface area (Å²) in [6, 6.07) is 15.2. The van der Waals surface area contributed by atoms with E-state index in [1.165, 1.54) is 12.1 Å². The number of aromatic nitrogens is 2. The highest BCUT2D eigenvalue weighted by Gasteiger charge is 2.09. The Balaban J connectivity index is 1.63. The van der Waals surface area contributed by atoms with Crippen molar-refractivity contribution in [2.24, 2.45) is 0 Å². The Bertz CT molecular complexity index is 985. The Morgan fingerprint density at radius 3 is 2.23 bits per heavy atom. The van der Waals surface area contributed by atoms with Gasteiger partial charge in [0, 0.05) is 36.2 Å². The number of nitrogens with zero attached hydrogens (tertiary/aromatic N) is 3. The van der Waals surface area contributed by atoms with Crippen LogP contribution in [0.2, 0.25) is 0 Å². The zero-order valence-electron chi connectivity index (χ0n) is 17.4. The fraction of sp³-hybridized carbons (Fsp3) is 0.261. The van der Waals surface area contributed by atoms with Crippen LogP contribution in [0.15, 0.2) is 54.6 Å². The topological polar surface area (TPSA) is 70.2 Å². The summed E-state index contributed by atoms with van der Waals surface area (Å²) in [6.07, 6.45) is 0.186. The number of hydrogen-bond donors (Lipinski definition) is 2. The first kappa shape index (κ1) is 21.2. The van der Waals surface area contributed by atoms with Crippen LogP contribution < -0.4 is 15.5 Å². The molecule has 0 radical (unpaired) electrons. The summed E-state index contributed by atoms with van der Waals surface area (Å²) in [5.41, 5.74) is 3.15. The largest absolute Gasteiger partial charge is 0.357 e. The van der Waals surface area contributed by atoms with Crippen molar-refractivity contribution in [3.05, 3.63) is 71.7 Å². The molecule has 0 aliphatic carbocycles. The first-order chi connectivity index (χ1) is 14.5. The molecule has 0 aliphatic heterocycles. The molecule has 3 rings (SSSR count). The van der Waals surface area contributed by atoms with Crippen molar-refractivity contribution >= 4 is 29.0 Å². The van der Waals surface area contributed by atoms with Crippen LogP contribution >= 0.6 is 0 Å². The predicted octanol–water partition coefficient (Wildman–Crippen LogP) is 4.70. The van der Waals surface area contributed by atoms with E-state index in [4.69, 9.17) is 0 Å². The lowest BCUT2D eigenvalue weighted by molar-refractivity contribution is -0.115. The van der Waals surface area contributed by atoms with Crippen LogP contribution in [0.1, 0.15) is 25.1 Å². The highest BCUT2D eigenvalue weighted by molar-refractivity contribution is 5.92. The van der Waals surface area contributed by atoms with E-state index in [9.17, 15) is 9.18 Å². The molecule has 3 aromatic rings. The van der Waals surface area contributed by atoms with Gasteiger partial charge in [0.05, 0.1) is 6.42 Å². The van der Waals surface area contributed by atoms with Crippen molar-refractivity contribution in [1.29, 1.82) is 0 Å². The van der Waals surface area contributed by atoms with Crippen LogP contribution in [-0.2, 0) is 11.2 Å². The SMILES string of the molecule is CCN(CC)c1cc(C)nc(Nc2ccc(NC(=O)Cc3ccc(F)cc3)cc2)n1. The minimum atomic E-state index is -0.316. The number of amides is 1. The quantitative estimate of drug-likeness (QED) is 0.567. The summed E-state index contributed by atoms with van der Waals surface area (Å²) in [5, 5.41) is 6.06. The van der Waals surface area contributed by atoms with Crippen LogP contribution in [0.4, 0.5) is 27.5 Å². The van der Waals surface area contributed by atoms with E-state index < -0.39 is 0 Å². The average molecular weight is 407 g/mol. The average Bonchev–Trinajstić information content (AvgIpc) is 2.72. The highest BCUT2D eigenvalue weighted by Crippen LogP contribution is 2.20. The third kappa shape index (κ3) is 5.76. The molecule has 0 spiro atoms. The second-order valence-electron chi connectivity index (χ2n) is 6.92. The molecule has 30 heavy (non-hydrogen) atoms. The first-order valence-electron chi connectivity index (χ1n) is 9.99. The summed E-state index contributed by atoms with van der Waals surface area (Å²) < 4.78 is 13.0. The monoisotopic (exact) mass is 407 g/mol. The van der Waals surface area contributed by atoms with Crippen molar-refractivity contribution in [1.82, 2.24) is 9.97 Å². The Morgan fingerprint density at radius 2 is 1.60 bits per heavy atom. The molecule has 0 saturated heterocycles. The first-order valence-corrected chi connectivity index (χ1v) is 9.99. The van der Waals surface area contributed by atoms with Crippen molar-refractivity contribution in [2.75, 3.05) is 28.6 Å². The maximum atomic E-state index is 13.0. The minimum Gasteiger partial charge on any atom is -0.357 e. The van der Waals surface area contributed by atoms with Crippen LogP contribution in [0.3, 0.4) is 0 Å². The number of nitrogens with one attached hydrogen (secondary N) is 2. The number of benzene rings is 2. The van der Waals surface area contributed by atoms with E-state index in [0.717, 1.165) is 35.9 Å². The summed E-state index contributed by atoms with van der Waals surface area (Å²) in [7, 11) is 0. The zero-order valence-corrected chi connectivity index (χ0v) is 17.4. The highest BCUT2D eigenvalue weighted by atomic mass is 19.1. The molecule has 7 heteroatoms. The number of aryl methyl sites for hydroxylation is 1. The summed E-state index contributed by atoms with van der Waals surface area (Å²) in [5.74, 6) is 0.946. The van der Waals surface area contributed by atoms with Gasteiger partial charge in [0.15, 0.2) is 0 Å². The van der Waals surface area contributed by atoms with Gasteiger partial charge in [-0.25, -0.2) is 9.37 Å². The molecule has 156 valence electrons. The number of hydrogen-bond acceptors (Lipinski definition) is 5. The maximum Gasteiger partial charge on any atom is 0.229 e. The van der Waals surface area contributed by atoms with E-state index in [2.05, 4.69) is 39.3 Å². The van der Waals surface area contributed by atoms with Gasteiger partial charge in [-0.3, -0.25) is 4.79 Å². The number of anilines is 4. The third-order valence-electron chi connectivity index (χ3n) is 4.63. The molecule has 2 N–H and O–H groups in total. The summed E-state index contributed by atoms with van der Waals surface area (Å²) >= 11 is 0. The van der Waals surface area contributed by atoms with Crippen LogP contribution in [-0.4, -0.2) is 29.0 Å². The third-order valence-corrected chi connectivity index (χ3v) is 4.63. The van der Waals surface area contributed by atoms with Gasteiger partial charge < -0.3 is 15.5 Å². The lowest BCUT2D eigenvalue weighted by Crippen LogP contribution is -2.23. The van der Waals surface area contributed by atoms with Gasteiger partial charge in [0.2, 0.25) is 11.9 Å². The fourth-order valence-corrected chi connectivity index (χ4v) is 3.08. The number of carbonyl (C=O) groups excluding carboxylic acids is 1. The van der Waals surface area contributed by atoms with Crippen LogP contribution in [0.25, 0.3) is 0 Å². The maximum absolute atomic E-state index is 13.0. The molecule has 1 amide bonds. The Morgan fingerprint density at radius 1 is 0.967 bits per heavy atom. The van der Waals surface area contributed by atoms with Gasteiger partial charge in [-0.2, -0.15) is 4.98 Å². The van der Waals surface area contributed by atoms with E-state index in [1.54, 1.807) is 12.1 Å². The number of carbonyl (C=O) groups is 1. The minimum absolute atomic E-state index is 0.159. The van der Waals surface area contributed by atoms with E-state index in [0.29, 0.717) is 11.6 Å². The van der Waals surface area contributed by atoms with E-state index >= 15 is 0 Å². The van der Waals surface area contributed by atoms with Crippen LogP contribution in [0.5, 0.6) is 0 Å². The Hall–Kier alpha value is -3.48. The van der Waals surface area contributed by atoms with Gasteiger partial charge in [-0.05, 0) is 62.7 Å². The number of rotatable bonds is 8. The predicted molar refractivity (Wildman–Crippen MR) is 119 cm³/mol. The molecule has 0 unspecified atom stereocenters. The Labute approximate surface area is 176 Å². The molecule has 2 aromatic carbocycles. The van der Waals surface area contributed by atoms with Crippen molar-refractivity contribution in [2.45, 2.75) is 27.2 Å².